The van der Waals surface area contributed by atoms with Crippen LogP contribution in [0.4, 0.5) is 0 Å². The Morgan fingerprint density at radius 2 is 1.48 bits per heavy atom. The van der Waals surface area contributed by atoms with Gasteiger partial charge in [0.2, 0.25) is 35.5 Å². The van der Waals surface area contributed by atoms with E-state index >= 15 is 0 Å². The number of hydrogen-bond donors (Lipinski definition) is 12. The summed E-state index contributed by atoms with van der Waals surface area (Å²) >= 11 is 0.601. The van der Waals surface area contributed by atoms with E-state index in [1.165, 1.54) is 26.0 Å². The molecule has 24 heteroatoms. The first-order chi connectivity index (χ1) is 30.3. The molecule has 1 spiro atoms. The highest BCUT2D eigenvalue weighted by Crippen LogP contribution is 2.27. The summed E-state index contributed by atoms with van der Waals surface area (Å²) in [5.41, 5.74) is 4.59. The number of carbonyl (C=O) groups is 9. The number of hydrogen-bond acceptors (Lipinski definition) is 13. The summed E-state index contributed by atoms with van der Waals surface area (Å²) < 4.78 is 5.69. The van der Waals surface area contributed by atoms with Gasteiger partial charge in [-0.25, -0.2) is 9.86 Å². The molecule has 0 aromatic rings. The van der Waals surface area contributed by atoms with Crippen LogP contribution in [0.3, 0.4) is 0 Å². The largest absolute Gasteiger partial charge is 0.480 e. The highest BCUT2D eigenvalue weighted by molar-refractivity contribution is 8.01. The van der Waals surface area contributed by atoms with Gasteiger partial charge in [0.1, 0.15) is 23.5 Å². The number of rotatable bonds is 18. The van der Waals surface area contributed by atoms with E-state index in [4.69, 9.17) is 15.9 Å². The molecular weight excluding hydrogens is 859 g/mol. The van der Waals surface area contributed by atoms with Crippen LogP contribution in [-0.4, -0.2) is 136 Å². The number of carboxylic acid groups (broad SMARTS) is 1. The standard InChI is InChI=1S/C40H65N11O12S/c1-5-25-33(55)44-20-31(54)45-27(37(59)60)21-63-23-40(38(61)48-25)50-36(58)32(24(3)4)49-34(56)26(6-2)47-35(57)28(22-64-40)46-30(53)19-43-29(52)17-15-13-11-9-7-8-10-12-14-16-18-51(62)39(41)42/h5-6,24,27-28,32,62H,7-23H2,1-4H3,(H3,41,42)(H,43,52)(H,44,55)(H,45,54)(H,46,53)(H,47,57)(H,48,61)(H,49,56)(H,50,58)(H,59,60). The van der Waals surface area contributed by atoms with Crippen molar-refractivity contribution in [2.45, 2.75) is 121 Å². The number of amides is 8. The summed E-state index contributed by atoms with van der Waals surface area (Å²) in [6, 6.07) is -4.50. The maximum atomic E-state index is 14.3. The summed E-state index contributed by atoms with van der Waals surface area (Å²) in [5, 5.41) is 46.5. The normalized spacial score (nSPS) is 23.1. The molecule has 4 unspecified atom stereocenters. The number of allylic oxidation sites excluding steroid dienone is 2. The Hall–Kier alpha value is -5.75. The van der Waals surface area contributed by atoms with Gasteiger partial charge in [-0.2, -0.15) is 0 Å². The smallest absolute Gasteiger partial charge is 0.328 e. The monoisotopic (exact) mass is 923 g/mol. The molecule has 2 saturated heterocycles. The minimum atomic E-state index is -2.29. The average Bonchev–Trinajstić information content (AvgIpc) is 3.25. The predicted octanol–water partition coefficient (Wildman–Crippen LogP) is -1.08. The number of carboxylic acids is 1. The van der Waals surface area contributed by atoms with Gasteiger partial charge in [0.05, 0.1) is 26.3 Å². The van der Waals surface area contributed by atoms with Crippen molar-refractivity contribution >= 4 is 70.9 Å². The van der Waals surface area contributed by atoms with Crippen molar-refractivity contribution in [1.82, 2.24) is 47.6 Å². The number of unbranched alkanes of at least 4 members (excludes halogenated alkanes) is 9. The number of nitrogens with zero attached hydrogens (tertiary/aromatic N) is 1. The average molecular weight is 924 g/mol. The Morgan fingerprint density at radius 1 is 0.891 bits per heavy atom. The van der Waals surface area contributed by atoms with Crippen LogP contribution in [0.15, 0.2) is 23.5 Å². The quantitative estimate of drug-likeness (QED) is 0.0256. The topological polar surface area (TPSA) is 353 Å². The van der Waals surface area contributed by atoms with Crippen molar-refractivity contribution in [3.8, 4) is 0 Å². The first kappa shape index (κ1) is 54.4. The van der Waals surface area contributed by atoms with Crippen molar-refractivity contribution in [3.63, 3.8) is 0 Å². The van der Waals surface area contributed by atoms with Crippen LogP contribution in [0.5, 0.6) is 0 Å². The van der Waals surface area contributed by atoms with E-state index in [2.05, 4.69) is 42.5 Å². The van der Waals surface area contributed by atoms with Gasteiger partial charge in [-0.05, 0) is 32.6 Å². The van der Waals surface area contributed by atoms with E-state index in [-0.39, 0.29) is 23.8 Å². The minimum Gasteiger partial charge on any atom is -0.480 e. The van der Waals surface area contributed by atoms with Crippen LogP contribution >= 0.6 is 11.8 Å². The molecule has 64 heavy (non-hydrogen) atoms. The number of carbonyl (C=O) groups excluding carboxylic acids is 8. The van der Waals surface area contributed by atoms with Crippen molar-refractivity contribution < 1.29 is 58.2 Å². The van der Waals surface area contributed by atoms with Crippen LogP contribution in [0.2, 0.25) is 0 Å². The molecule has 2 aliphatic rings. The van der Waals surface area contributed by atoms with E-state index in [0.29, 0.717) is 24.7 Å². The molecule has 0 bridgehead atoms. The molecule has 0 aromatic heterocycles. The van der Waals surface area contributed by atoms with E-state index in [1.54, 1.807) is 13.8 Å². The van der Waals surface area contributed by atoms with E-state index in [1.807, 2.05) is 0 Å². The van der Waals surface area contributed by atoms with Crippen molar-refractivity contribution in [2.24, 2.45) is 11.7 Å². The number of thioether (sulfide) groups is 1. The summed E-state index contributed by atoms with van der Waals surface area (Å²) in [7, 11) is 0. The van der Waals surface area contributed by atoms with Crippen LogP contribution in [0.1, 0.15) is 98.3 Å². The highest BCUT2D eigenvalue weighted by atomic mass is 32.2. The van der Waals surface area contributed by atoms with Crippen LogP contribution in [-0.2, 0) is 47.9 Å². The molecule has 358 valence electrons. The van der Waals surface area contributed by atoms with Crippen LogP contribution < -0.4 is 48.3 Å². The second kappa shape index (κ2) is 28.1. The van der Waals surface area contributed by atoms with Crippen molar-refractivity contribution in [2.75, 3.05) is 38.6 Å². The third-order valence-corrected chi connectivity index (χ3v) is 11.4. The molecule has 13 N–H and O–H groups in total. The summed E-state index contributed by atoms with van der Waals surface area (Å²) in [4.78, 5) is 117. The van der Waals surface area contributed by atoms with E-state index < -0.39 is 114 Å². The SMILES string of the molecule is CC=C1NC(=O)C(NC(=O)CNC(=O)CCCCCCCCCCCCN(O)C(=N)N)CSC2(COCC(C(=O)O)NC(=O)CNC(=O)C(=CC)NC2=O)NC(=O)C(C(C)C)NC1=O. The molecule has 23 nitrogen and oxygen atoms in total. The Balaban J connectivity index is 2.21. The van der Waals surface area contributed by atoms with Gasteiger partial charge >= 0.3 is 5.97 Å². The molecule has 2 fully saturated rings. The number of guanidine groups is 1. The van der Waals surface area contributed by atoms with Crippen molar-refractivity contribution in [1.29, 1.82) is 5.41 Å². The minimum absolute atomic E-state index is 0.155. The first-order valence-electron chi connectivity index (χ1n) is 21.3. The molecule has 0 aliphatic carbocycles. The molecule has 8 amide bonds. The Labute approximate surface area is 376 Å². The summed E-state index contributed by atoms with van der Waals surface area (Å²) in [6.07, 6.45) is 11.8. The lowest BCUT2D eigenvalue weighted by Crippen LogP contribution is -2.65. The molecular formula is C40H65N11O12S. The molecule has 0 saturated carbocycles. The second-order valence-corrected chi connectivity index (χ2v) is 16.8. The zero-order valence-corrected chi connectivity index (χ0v) is 37.7. The highest BCUT2D eigenvalue weighted by Gasteiger charge is 2.46. The molecule has 0 aromatic carbocycles. The Morgan fingerprint density at radius 3 is 2.06 bits per heavy atom. The number of nitrogens with one attached hydrogen (secondary N) is 9. The number of nitrogens with two attached hydrogens (primary N) is 1. The fourth-order valence-corrected chi connectivity index (χ4v) is 7.50. The molecule has 2 rings (SSSR count). The number of hydroxylamine groups is 2. The lowest BCUT2D eigenvalue weighted by molar-refractivity contribution is -0.144. The fourth-order valence-electron chi connectivity index (χ4n) is 6.29. The maximum Gasteiger partial charge on any atom is 0.328 e. The third kappa shape index (κ3) is 18.9. The van der Waals surface area contributed by atoms with E-state index in [9.17, 15) is 53.5 Å². The van der Waals surface area contributed by atoms with Gasteiger partial charge in [0, 0.05) is 18.7 Å². The Bertz CT molecular complexity index is 1760. The Kier molecular flexibility index (Phi) is 23.9. The zero-order chi connectivity index (χ0) is 47.8. The zero-order valence-electron chi connectivity index (χ0n) is 36.9. The lowest BCUT2D eigenvalue weighted by atomic mass is 10.0. The fraction of sp³-hybridized carbons (Fsp3) is 0.650. The van der Waals surface area contributed by atoms with Crippen molar-refractivity contribution in [3.05, 3.63) is 23.5 Å². The summed E-state index contributed by atoms with van der Waals surface area (Å²) in [5.74, 6) is -9.74. The molecule has 2 heterocycles. The first-order valence-corrected chi connectivity index (χ1v) is 22.3. The van der Waals surface area contributed by atoms with Crippen LogP contribution in [0.25, 0.3) is 0 Å². The predicted molar refractivity (Wildman–Crippen MR) is 233 cm³/mol. The molecule has 0 radical (unpaired) electrons. The molecule has 4 atom stereocenters. The van der Waals surface area contributed by atoms with Gasteiger partial charge in [-0.15, -0.1) is 11.8 Å². The lowest BCUT2D eigenvalue weighted by Gasteiger charge is -2.36. The molecule has 2 aliphatic heterocycles. The van der Waals surface area contributed by atoms with E-state index in [0.717, 1.165) is 62.9 Å². The number of aliphatic carboxylic acids is 1. The van der Waals surface area contributed by atoms with Gasteiger partial charge < -0.3 is 58.1 Å². The van der Waals surface area contributed by atoms with Gasteiger partial charge in [0.25, 0.3) is 17.7 Å². The van der Waals surface area contributed by atoms with Gasteiger partial charge in [-0.1, -0.05) is 77.4 Å². The second-order valence-electron chi connectivity index (χ2n) is 15.5. The summed E-state index contributed by atoms with van der Waals surface area (Å²) in [6.45, 7) is 3.71. The van der Waals surface area contributed by atoms with Crippen LogP contribution in [0, 0.1) is 11.3 Å². The van der Waals surface area contributed by atoms with Gasteiger partial charge in [-0.3, -0.25) is 49.0 Å². The third-order valence-electron chi connectivity index (χ3n) is 10.0. The van der Waals surface area contributed by atoms with Gasteiger partial charge in [0.15, 0.2) is 10.9 Å². The number of ether oxygens (including phenoxy) is 1. The maximum absolute atomic E-state index is 14.3.